The number of hydrogen-bond donors (Lipinski definition) is 2. The number of rotatable bonds is 7. The molecule has 0 aromatic heterocycles. The van der Waals surface area contributed by atoms with Crippen molar-refractivity contribution in [3.63, 3.8) is 0 Å². The molecule has 0 aliphatic carbocycles. The average Bonchev–Trinajstić information content (AvgIpc) is 2.88. The highest BCUT2D eigenvalue weighted by molar-refractivity contribution is 14.1. The molecule has 3 aromatic carbocycles. The normalized spacial score (nSPS) is 14.3. The third kappa shape index (κ3) is 6.48. The van der Waals surface area contributed by atoms with Gasteiger partial charge in [-0.2, -0.15) is 0 Å². The van der Waals surface area contributed by atoms with Crippen LogP contribution in [0.5, 0.6) is 11.5 Å². The van der Waals surface area contributed by atoms with E-state index in [1.165, 1.54) is 13.2 Å². The third-order valence-electron chi connectivity index (χ3n) is 5.76. The topological polar surface area (TPSA) is 114 Å². The summed E-state index contributed by atoms with van der Waals surface area (Å²) in [6, 6.07) is 14.7. The van der Waals surface area contributed by atoms with Crippen molar-refractivity contribution >= 4 is 79.7 Å². The molecular weight excluding hydrogens is 681 g/mol. The zero-order chi connectivity index (χ0) is 28.3. The SMILES string of the molecule is COc1cc(/C=C2\C(=O)NC(=O)N(c3ccc(Br)cc3)C2=O)cc(I)c1OCC(=O)Nc1cc(C)ccc1C. The number of hydrogen-bond acceptors (Lipinski definition) is 6. The van der Waals surface area contributed by atoms with Gasteiger partial charge in [-0.25, -0.2) is 9.69 Å². The fraction of sp³-hybridized carbons (Fsp3) is 0.143. The minimum atomic E-state index is -0.834. The van der Waals surface area contributed by atoms with Gasteiger partial charge in [0.1, 0.15) is 5.57 Å². The molecule has 1 aliphatic heterocycles. The molecule has 1 heterocycles. The van der Waals surface area contributed by atoms with Crippen molar-refractivity contribution in [2.45, 2.75) is 13.8 Å². The first-order valence-electron chi connectivity index (χ1n) is 11.6. The monoisotopic (exact) mass is 703 g/mol. The molecule has 0 unspecified atom stereocenters. The second-order valence-corrected chi connectivity index (χ2v) is 10.7. The predicted octanol–water partition coefficient (Wildman–Crippen LogP) is 5.36. The fourth-order valence-electron chi connectivity index (χ4n) is 3.81. The van der Waals surface area contributed by atoms with Crippen LogP contribution in [0.2, 0.25) is 0 Å². The van der Waals surface area contributed by atoms with Gasteiger partial charge in [-0.05, 0) is 102 Å². The van der Waals surface area contributed by atoms with Crippen LogP contribution in [0.1, 0.15) is 16.7 Å². The lowest BCUT2D eigenvalue weighted by Gasteiger charge is -2.26. The summed E-state index contributed by atoms with van der Waals surface area (Å²) in [7, 11) is 1.44. The first-order chi connectivity index (χ1) is 18.6. The summed E-state index contributed by atoms with van der Waals surface area (Å²) < 4.78 is 12.6. The van der Waals surface area contributed by atoms with Crippen molar-refractivity contribution < 1.29 is 28.7 Å². The molecule has 1 saturated heterocycles. The largest absolute Gasteiger partial charge is 0.493 e. The van der Waals surface area contributed by atoms with E-state index in [2.05, 4.69) is 26.6 Å². The number of barbiturate groups is 1. The van der Waals surface area contributed by atoms with E-state index >= 15 is 0 Å². The first-order valence-corrected chi connectivity index (χ1v) is 13.5. The van der Waals surface area contributed by atoms with Crippen LogP contribution < -0.4 is 25.0 Å². The van der Waals surface area contributed by atoms with Gasteiger partial charge in [-0.1, -0.05) is 28.1 Å². The number of benzene rings is 3. The van der Waals surface area contributed by atoms with Crippen LogP contribution in [0.4, 0.5) is 16.2 Å². The Labute approximate surface area is 246 Å². The Morgan fingerprint density at radius 2 is 1.79 bits per heavy atom. The number of methoxy groups -OCH3 is 1. The molecule has 0 atom stereocenters. The summed E-state index contributed by atoms with van der Waals surface area (Å²) in [5.41, 5.74) is 3.21. The lowest BCUT2D eigenvalue weighted by atomic mass is 10.1. The lowest BCUT2D eigenvalue weighted by Crippen LogP contribution is -2.54. The van der Waals surface area contributed by atoms with Crippen LogP contribution in [0.25, 0.3) is 6.08 Å². The number of aryl methyl sites for hydroxylation is 2. The summed E-state index contributed by atoms with van der Waals surface area (Å²) in [4.78, 5) is 51.6. The zero-order valence-corrected chi connectivity index (χ0v) is 24.9. The summed E-state index contributed by atoms with van der Waals surface area (Å²) in [5, 5.41) is 5.05. The molecule has 3 aromatic rings. The van der Waals surface area contributed by atoms with Crippen molar-refractivity contribution in [3.05, 3.63) is 84.9 Å². The van der Waals surface area contributed by atoms with Gasteiger partial charge in [0.2, 0.25) is 0 Å². The minimum Gasteiger partial charge on any atom is -0.493 e. The molecule has 5 amide bonds. The number of ether oxygens (including phenoxy) is 2. The van der Waals surface area contributed by atoms with Gasteiger partial charge in [0.15, 0.2) is 18.1 Å². The van der Waals surface area contributed by atoms with Gasteiger partial charge in [-0.3, -0.25) is 19.7 Å². The Kier molecular flexibility index (Phi) is 8.70. The summed E-state index contributed by atoms with van der Waals surface area (Å²) in [6.45, 7) is 3.59. The third-order valence-corrected chi connectivity index (χ3v) is 7.09. The van der Waals surface area contributed by atoms with Gasteiger partial charge < -0.3 is 14.8 Å². The summed E-state index contributed by atoms with van der Waals surface area (Å²) in [5.74, 6) is -1.27. The Balaban J connectivity index is 1.55. The maximum Gasteiger partial charge on any atom is 0.335 e. The highest BCUT2D eigenvalue weighted by Crippen LogP contribution is 2.35. The van der Waals surface area contributed by atoms with E-state index in [-0.39, 0.29) is 18.1 Å². The second kappa shape index (κ2) is 12.0. The average molecular weight is 704 g/mol. The maximum absolute atomic E-state index is 13.2. The van der Waals surface area contributed by atoms with Crippen molar-refractivity contribution in [1.29, 1.82) is 0 Å². The van der Waals surface area contributed by atoms with Crippen LogP contribution in [0.3, 0.4) is 0 Å². The molecule has 11 heteroatoms. The molecule has 9 nitrogen and oxygen atoms in total. The number of carbonyl (C=O) groups is 4. The van der Waals surface area contributed by atoms with Crippen LogP contribution in [-0.4, -0.2) is 37.5 Å². The van der Waals surface area contributed by atoms with E-state index in [9.17, 15) is 19.2 Å². The Morgan fingerprint density at radius 1 is 1.08 bits per heavy atom. The van der Waals surface area contributed by atoms with Crippen molar-refractivity contribution in [1.82, 2.24) is 5.32 Å². The molecule has 39 heavy (non-hydrogen) atoms. The number of nitrogens with zero attached hydrogens (tertiary/aromatic N) is 1. The number of carbonyl (C=O) groups excluding carboxylic acids is 4. The Hall–Kier alpha value is -3.71. The highest BCUT2D eigenvalue weighted by Gasteiger charge is 2.36. The number of imide groups is 2. The fourth-order valence-corrected chi connectivity index (χ4v) is 4.85. The van der Waals surface area contributed by atoms with Crippen molar-refractivity contribution in [2.24, 2.45) is 0 Å². The van der Waals surface area contributed by atoms with E-state index in [0.29, 0.717) is 32.0 Å². The minimum absolute atomic E-state index is 0.225. The molecule has 0 bridgehead atoms. The molecule has 0 radical (unpaired) electrons. The molecule has 2 N–H and O–H groups in total. The Bertz CT molecular complexity index is 1520. The standard InChI is InChI=1S/C28H23BrIN3O6/c1-15-4-5-16(2)22(10-15)31-24(34)14-39-25-21(30)12-17(13-23(25)38-3)11-20-26(35)32-28(37)33(27(20)36)19-8-6-18(29)7-9-19/h4-13H,14H2,1-3H3,(H,31,34)(H,32,35,37)/b20-11+. The summed E-state index contributed by atoms with van der Waals surface area (Å²) >= 11 is 5.34. The smallest absolute Gasteiger partial charge is 0.335 e. The number of urea groups is 1. The first kappa shape index (κ1) is 28.3. The molecule has 0 spiro atoms. The second-order valence-electron chi connectivity index (χ2n) is 8.62. The van der Waals surface area contributed by atoms with Crippen LogP contribution in [0, 0.1) is 17.4 Å². The van der Waals surface area contributed by atoms with Crippen molar-refractivity contribution in [3.8, 4) is 11.5 Å². The van der Waals surface area contributed by atoms with E-state index in [4.69, 9.17) is 9.47 Å². The molecule has 1 fully saturated rings. The number of amides is 5. The predicted molar refractivity (Wildman–Crippen MR) is 159 cm³/mol. The number of halogens is 2. The summed E-state index contributed by atoms with van der Waals surface area (Å²) in [6.07, 6.45) is 1.37. The quantitative estimate of drug-likeness (QED) is 0.195. The molecular formula is C28H23BrIN3O6. The number of anilines is 2. The molecule has 200 valence electrons. The lowest BCUT2D eigenvalue weighted by molar-refractivity contribution is -0.122. The van der Waals surface area contributed by atoms with Crippen LogP contribution in [0.15, 0.2) is 64.6 Å². The zero-order valence-electron chi connectivity index (χ0n) is 21.1. The van der Waals surface area contributed by atoms with Gasteiger partial charge >= 0.3 is 6.03 Å². The number of nitrogens with one attached hydrogen (secondary N) is 2. The molecule has 0 saturated carbocycles. The van der Waals surface area contributed by atoms with Crippen LogP contribution >= 0.6 is 38.5 Å². The molecule has 4 rings (SSSR count). The Morgan fingerprint density at radius 3 is 2.49 bits per heavy atom. The van der Waals surface area contributed by atoms with E-state index < -0.39 is 17.8 Å². The van der Waals surface area contributed by atoms with Gasteiger partial charge in [0, 0.05) is 10.2 Å². The van der Waals surface area contributed by atoms with Gasteiger partial charge in [-0.15, -0.1) is 0 Å². The van der Waals surface area contributed by atoms with E-state index in [0.717, 1.165) is 20.5 Å². The molecule has 1 aliphatic rings. The van der Waals surface area contributed by atoms with Crippen molar-refractivity contribution in [2.75, 3.05) is 23.9 Å². The van der Waals surface area contributed by atoms with Gasteiger partial charge in [0.05, 0.1) is 16.4 Å². The maximum atomic E-state index is 13.2. The van der Waals surface area contributed by atoms with E-state index in [1.807, 2.05) is 54.6 Å². The highest BCUT2D eigenvalue weighted by atomic mass is 127. The van der Waals surface area contributed by atoms with Gasteiger partial charge in [0.25, 0.3) is 17.7 Å². The van der Waals surface area contributed by atoms with E-state index in [1.54, 1.807) is 36.4 Å². The van der Waals surface area contributed by atoms with Crippen LogP contribution in [-0.2, 0) is 14.4 Å².